The minimum Gasteiger partial charge on any atom is -0.411 e. The van der Waals surface area contributed by atoms with E-state index in [-0.39, 0.29) is 15.2 Å². The van der Waals surface area contributed by atoms with Gasteiger partial charge in [-0.2, -0.15) is 0 Å². The maximum Gasteiger partial charge on any atom is 0.215 e. The van der Waals surface area contributed by atoms with Crippen LogP contribution in [-0.2, 0) is 20.2 Å². The fraction of sp³-hybridized carbons (Fsp3) is 0.389. The van der Waals surface area contributed by atoms with E-state index in [9.17, 15) is 13.5 Å². The lowest BCUT2D eigenvalue weighted by molar-refractivity contribution is -0.101. The highest BCUT2D eigenvalue weighted by atomic mass is 32.2. The van der Waals surface area contributed by atoms with E-state index in [0.717, 1.165) is 11.3 Å². The second-order valence-corrected chi connectivity index (χ2v) is 9.62. The van der Waals surface area contributed by atoms with E-state index >= 15 is 0 Å². The van der Waals surface area contributed by atoms with Gasteiger partial charge in [-0.1, -0.05) is 17.3 Å². The maximum atomic E-state index is 12.9. The van der Waals surface area contributed by atoms with Crippen molar-refractivity contribution in [2.75, 3.05) is 6.61 Å². The standard InChI is InChI=1S/C18H21NO5S2/c1-12-10-18(20,7-8-24-12)15-9-17(25-11-15)26(22,23)16-5-3-14(4-6-16)13(2)19-21/h3-6,9,11-12,20-21H,7-8,10H2,1-2H3/b19-13+/t12-,18+/m0/s1. The molecule has 1 fully saturated rings. The van der Waals surface area contributed by atoms with Crippen LogP contribution in [0.15, 0.2) is 50.0 Å². The number of thiophene rings is 1. The van der Waals surface area contributed by atoms with E-state index in [0.29, 0.717) is 36.3 Å². The van der Waals surface area contributed by atoms with E-state index in [2.05, 4.69) is 5.16 Å². The van der Waals surface area contributed by atoms with E-state index in [1.807, 2.05) is 6.92 Å². The fourth-order valence-electron chi connectivity index (χ4n) is 3.08. The Bertz CT molecular complexity index is 917. The molecule has 2 heterocycles. The number of hydrogen-bond acceptors (Lipinski definition) is 7. The van der Waals surface area contributed by atoms with Crippen molar-refractivity contribution in [3.05, 3.63) is 46.8 Å². The van der Waals surface area contributed by atoms with E-state index in [4.69, 9.17) is 9.94 Å². The van der Waals surface area contributed by atoms with Gasteiger partial charge in [0, 0.05) is 12.8 Å². The Balaban J connectivity index is 1.90. The van der Waals surface area contributed by atoms with Crippen molar-refractivity contribution < 1.29 is 23.5 Å². The number of rotatable bonds is 4. The van der Waals surface area contributed by atoms with Gasteiger partial charge in [-0.25, -0.2) is 8.42 Å². The molecule has 1 aliphatic rings. The molecule has 1 aliphatic heterocycles. The average Bonchev–Trinajstić information content (AvgIpc) is 3.13. The highest BCUT2D eigenvalue weighted by Crippen LogP contribution is 2.38. The van der Waals surface area contributed by atoms with Gasteiger partial charge in [0.1, 0.15) is 4.21 Å². The fourth-order valence-corrected chi connectivity index (χ4v) is 5.75. The number of oxime groups is 1. The number of nitrogens with zero attached hydrogens (tertiary/aromatic N) is 1. The van der Waals surface area contributed by atoms with Crippen LogP contribution in [0.4, 0.5) is 0 Å². The summed E-state index contributed by atoms with van der Waals surface area (Å²) in [5.41, 5.74) is 0.615. The second kappa shape index (κ2) is 7.11. The first-order valence-corrected chi connectivity index (χ1v) is 10.6. The van der Waals surface area contributed by atoms with Gasteiger partial charge >= 0.3 is 0 Å². The summed E-state index contributed by atoms with van der Waals surface area (Å²) in [4.78, 5) is 0.160. The molecule has 8 heteroatoms. The van der Waals surface area contributed by atoms with Gasteiger partial charge in [0.15, 0.2) is 0 Å². The smallest absolute Gasteiger partial charge is 0.215 e. The molecule has 2 aromatic rings. The minimum atomic E-state index is -3.67. The topological polar surface area (TPSA) is 96.2 Å². The zero-order valence-electron chi connectivity index (χ0n) is 14.5. The predicted octanol–water partition coefficient (Wildman–Crippen LogP) is 3.17. The molecule has 0 bridgehead atoms. The monoisotopic (exact) mass is 395 g/mol. The van der Waals surface area contributed by atoms with Crippen LogP contribution < -0.4 is 0 Å². The highest BCUT2D eigenvalue weighted by Gasteiger charge is 2.36. The van der Waals surface area contributed by atoms with Crippen molar-refractivity contribution >= 4 is 26.9 Å². The molecule has 2 N–H and O–H groups in total. The SMILES string of the molecule is C/C(=N\O)c1ccc(S(=O)(=O)c2cc([C@@]3(O)CCO[C@@H](C)C3)cs2)cc1. The molecule has 1 saturated heterocycles. The quantitative estimate of drug-likeness (QED) is 0.471. The van der Waals surface area contributed by atoms with Crippen LogP contribution >= 0.6 is 11.3 Å². The van der Waals surface area contributed by atoms with Crippen molar-refractivity contribution in [2.24, 2.45) is 5.16 Å². The Morgan fingerprint density at radius 2 is 2.04 bits per heavy atom. The lowest BCUT2D eigenvalue weighted by atomic mass is 9.86. The zero-order valence-corrected chi connectivity index (χ0v) is 16.2. The van der Waals surface area contributed by atoms with Crippen molar-refractivity contribution in [2.45, 2.75) is 47.5 Å². The van der Waals surface area contributed by atoms with Crippen molar-refractivity contribution in [3.63, 3.8) is 0 Å². The first kappa shape index (κ1) is 19.0. The summed E-state index contributed by atoms with van der Waals surface area (Å²) in [6.07, 6.45) is 0.817. The molecule has 0 saturated carbocycles. The zero-order chi connectivity index (χ0) is 18.9. The van der Waals surface area contributed by atoms with E-state index in [1.165, 1.54) is 12.1 Å². The lowest BCUT2D eigenvalue weighted by Crippen LogP contribution is -2.37. The minimum absolute atomic E-state index is 0.0716. The Kier molecular flexibility index (Phi) is 5.21. The Morgan fingerprint density at radius 3 is 2.65 bits per heavy atom. The van der Waals surface area contributed by atoms with Gasteiger partial charge in [-0.15, -0.1) is 11.3 Å². The predicted molar refractivity (Wildman–Crippen MR) is 98.8 cm³/mol. The molecule has 0 unspecified atom stereocenters. The highest BCUT2D eigenvalue weighted by molar-refractivity contribution is 7.93. The number of benzene rings is 1. The second-order valence-electron chi connectivity index (χ2n) is 6.53. The van der Waals surface area contributed by atoms with Gasteiger partial charge in [-0.05, 0) is 48.6 Å². The average molecular weight is 396 g/mol. The Morgan fingerprint density at radius 1 is 1.35 bits per heavy atom. The number of aliphatic hydroxyl groups is 1. The van der Waals surface area contributed by atoms with Gasteiger partial charge in [-0.3, -0.25) is 0 Å². The van der Waals surface area contributed by atoms with Crippen LogP contribution in [0.25, 0.3) is 0 Å². The summed E-state index contributed by atoms with van der Waals surface area (Å²) >= 11 is 1.11. The third kappa shape index (κ3) is 3.55. The summed E-state index contributed by atoms with van der Waals surface area (Å²) in [7, 11) is -3.67. The Hall–Kier alpha value is -1.74. The molecule has 0 radical (unpaired) electrons. The number of ether oxygens (including phenoxy) is 1. The number of sulfone groups is 1. The van der Waals surface area contributed by atoms with Gasteiger partial charge in [0.25, 0.3) is 0 Å². The molecule has 140 valence electrons. The molecule has 6 nitrogen and oxygen atoms in total. The number of hydrogen-bond donors (Lipinski definition) is 2. The third-order valence-corrected chi connectivity index (χ3v) is 7.86. The largest absolute Gasteiger partial charge is 0.411 e. The molecule has 2 atom stereocenters. The summed E-state index contributed by atoms with van der Waals surface area (Å²) in [6.45, 7) is 3.97. The maximum absolute atomic E-state index is 12.9. The van der Waals surface area contributed by atoms with Gasteiger partial charge < -0.3 is 15.1 Å². The Labute approximate surface area is 156 Å². The van der Waals surface area contributed by atoms with Crippen molar-refractivity contribution in [3.8, 4) is 0 Å². The van der Waals surface area contributed by atoms with Crippen molar-refractivity contribution in [1.29, 1.82) is 0 Å². The summed E-state index contributed by atoms with van der Waals surface area (Å²) < 4.78 is 31.4. The molecule has 1 aromatic carbocycles. The van der Waals surface area contributed by atoms with Crippen LogP contribution in [-0.4, -0.2) is 37.2 Å². The van der Waals surface area contributed by atoms with Crippen molar-refractivity contribution in [1.82, 2.24) is 0 Å². The molecule has 3 rings (SSSR count). The summed E-state index contributed by atoms with van der Waals surface area (Å²) in [5, 5.41) is 24.5. The molecule has 0 amide bonds. The van der Waals surface area contributed by atoms with Crippen LogP contribution in [0.2, 0.25) is 0 Å². The first-order chi connectivity index (χ1) is 12.3. The van der Waals surface area contributed by atoms with Crippen LogP contribution in [0.3, 0.4) is 0 Å². The molecule has 0 spiro atoms. The van der Waals surface area contributed by atoms with E-state index in [1.54, 1.807) is 30.5 Å². The normalized spacial score (nSPS) is 24.6. The summed E-state index contributed by atoms with van der Waals surface area (Å²) in [5.74, 6) is 0. The van der Waals surface area contributed by atoms with Crippen LogP contribution in [0, 0.1) is 0 Å². The lowest BCUT2D eigenvalue weighted by Gasteiger charge is -2.35. The van der Waals surface area contributed by atoms with Crippen LogP contribution in [0.5, 0.6) is 0 Å². The van der Waals surface area contributed by atoms with E-state index < -0.39 is 15.4 Å². The van der Waals surface area contributed by atoms with Gasteiger partial charge in [0.2, 0.25) is 9.84 Å². The molecule has 26 heavy (non-hydrogen) atoms. The van der Waals surface area contributed by atoms with Crippen LogP contribution in [0.1, 0.15) is 37.8 Å². The third-order valence-electron chi connectivity index (χ3n) is 4.65. The molecule has 1 aromatic heterocycles. The van der Waals surface area contributed by atoms with Gasteiger partial charge in [0.05, 0.1) is 28.9 Å². The molecule has 0 aliphatic carbocycles. The molecular weight excluding hydrogens is 374 g/mol. The molecular formula is C18H21NO5S2. The summed E-state index contributed by atoms with van der Waals surface area (Å²) in [6, 6.07) is 7.74. The first-order valence-electron chi connectivity index (χ1n) is 8.23.